The summed E-state index contributed by atoms with van der Waals surface area (Å²) in [6.45, 7) is 6.20. The third-order valence-corrected chi connectivity index (χ3v) is 6.94. The van der Waals surface area contributed by atoms with E-state index in [1.54, 1.807) is 12.4 Å². The lowest BCUT2D eigenvalue weighted by atomic mass is 10.2. The molecule has 0 unspecified atom stereocenters. The first-order valence-corrected chi connectivity index (χ1v) is 11.2. The standard InChI is InChI=1S/C17H25N5O2S2/c1-3-10-21-16(14-5-8-18-9-6-14)19-22(17(21)25)13-20(4-2)15-7-11-26(23,24)12-15/h5-6,8-9,15H,3-4,7,10-13H2,1-2H3/t15-/m1/s1. The molecule has 26 heavy (non-hydrogen) atoms. The summed E-state index contributed by atoms with van der Waals surface area (Å²) in [5, 5.41) is 4.75. The first-order chi connectivity index (χ1) is 12.4. The van der Waals surface area contributed by atoms with E-state index in [9.17, 15) is 8.42 Å². The highest BCUT2D eigenvalue weighted by Crippen LogP contribution is 2.21. The van der Waals surface area contributed by atoms with Crippen molar-refractivity contribution in [2.75, 3.05) is 18.1 Å². The molecule has 1 aliphatic heterocycles. The van der Waals surface area contributed by atoms with Gasteiger partial charge in [-0.3, -0.25) is 14.5 Å². The molecule has 0 aliphatic carbocycles. The molecule has 0 saturated carbocycles. The van der Waals surface area contributed by atoms with E-state index in [-0.39, 0.29) is 17.5 Å². The topological polar surface area (TPSA) is 73.0 Å². The Morgan fingerprint density at radius 2 is 2.04 bits per heavy atom. The highest BCUT2D eigenvalue weighted by atomic mass is 32.2. The predicted octanol–water partition coefficient (Wildman–Crippen LogP) is 2.35. The zero-order valence-corrected chi connectivity index (χ0v) is 16.8. The first-order valence-electron chi connectivity index (χ1n) is 8.97. The van der Waals surface area contributed by atoms with Crippen LogP contribution >= 0.6 is 12.2 Å². The number of nitrogens with zero attached hydrogens (tertiary/aromatic N) is 5. The third-order valence-electron chi connectivity index (χ3n) is 4.76. The molecule has 0 spiro atoms. The summed E-state index contributed by atoms with van der Waals surface area (Å²) in [4.78, 5) is 6.22. The maximum absolute atomic E-state index is 11.8. The lowest BCUT2D eigenvalue weighted by Gasteiger charge is -2.26. The normalized spacial score (nSPS) is 19.3. The van der Waals surface area contributed by atoms with Crippen molar-refractivity contribution in [1.29, 1.82) is 0 Å². The fraction of sp³-hybridized carbons (Fsp3) is 0.588. The molecule has 0 N–H and O–H groups in total. The van der Waals surface area contributed by atoms with Crippen LogP contribution in [0.5, 0.6) is 0 Å². The molecule has 9 heteroatoms. The quantitative estimate of drug-likeness (QED) is 0.670. The van der Waals surface area contributed by atoms with Gasteiger partial charge in [-0.2, -0.15) is 5.10 Å². The molecule has 142 valence electrons. The summed E-state index contributed by atoms with van der Waals surface area (Å²) in [5.74, 6) is 1.32. The van der Waals surface area contributed by atoms with Gasteiger partial charge in [0.2, 0.25) is 0 Å². The van der Waals surface area contributed by atoms with Crippen LogP contribution in [0.15, 0.2) is 24.5 Å². The molecule has 1 fully saturated rings. The van der Waals surface area contributed by atoms with Gasteiger partial charge in [-0.1, -0.05) is 13.8 Å². The van der Waals surface area contributed by atoms with Gasteiger partial charge in [0.25, 0.3) is 0 Å². The number of sulfone groups is 1. The molecule has 2 aromatic heterocycles. The summed E-state index contributed by atoms with van der Waals surface area (Å²) >= 11 is 5.67. The number of hydrogen-bond donors (Lipinski definition) is 0. The lowest BCUT2D eigenvalue weighted by molar-refractivity contribution is 0.164. The van der Waals surface area contributed by atoms with Crippen molar-refractivity contribution in [2.24, 2.45) is 0 Å². The average Bonchev–Trinajstić information content (AvgIpc) is 3.14. The summed E-state index contributed by atoms with van der Waals surface area (Å²) in [5.41, 5.74) is 0.977. The Hall–Kier alpha value is -1.58. The average molecular weight is 396 g/mol. The van der Waals surface area contributed by atoms with Gasteiger partial charge in [0.15, 0.2) is 20.4 Å². The maximum atomic E-state index is 11.8. The third kappa shape index (κ3) is 4.05. The molecule has 0 radical (unpaired) electrons. The van der Waals surface area contributed by atoms with Crippen molar-refractivity contribution in [1.82, 2.24) is 24.2 Å². The van der Waals surface area contributed by atoms with Gasteiger partial charge in [0.1, 0.15) is 0 Å². The Morgan fingerprint density at radius 3 is 2.62 bits per heavy atom. The molecular weight excluding hydrogens is 370 g/mol. The molecule has 2 aromatic rings. The minimum Gasteiger partial charge on any atom is -0.300 e. The Kier molecular flexibility index (Phi) is 5.89. The maximum Gasteiger partial charge on any atom is 0.199 e. The summed E-state index contributed by atoms with van der Waals surface area (Å²) < 4.78 is 28.2. The summed E-state index contributed by atoms with van der Waals surface area (Å²) in [6, 6.07) is 3.89. The van der Waals surface area contributed by atoms with E-state index in [1.807, 2.05) is 28.3 Å². The van der Waals surface area contributed by atoms with Crippen LogP contribution in [0.3, 0.4) is 0 Å². The van der Waals surface area contributed by atoms with Gasteiger partial charge >= 0.3 is 0 Å². The van der Waals surface area contributed by atoms with Crippen LogP contribution in [0.25, 0.3) is 11.4 Å². The van der Waals surface area contributed by atoms with Crippen LogP contribution in [-0.2, 0) is 23.1 Å². The second-order valence-electron chi connectivity index (χ2n) is 6.60. The SMILES string of the molecule is CCCn1c(-c2ccncc2)nn(CN(CC)[C@@H]2CCS(=O)(=O)C2)c1=S. The molecular formula is C17H25N5O2S2. The van der Waals surface area contributed by atoms with E-state index >= 15 is 0 Å². The van der Waals surface area contributed by atoms with Crippen molar-refractivity contribution in [2.45, 2.75) is 45.9 Å². The molecule has 0 amide bonds. The Labute approximate surface area is 159 Å². The van der Waals surface area contributed by atoms with E-state index in [2.05, 4.69) is 16.8 Å². The summed E-state index contributed by atoms with van der Waals surface area (Å²) in [6.07, 6.45) is 5.12. The number of pyridine rings is 1. The van der Waals surface area contributed by atoms with E-state index in [1.165, 1.54) is 0 Å². The minimum atomic E-state index is -2.92. The Morgan fingerprint density at radius 1 is 1.31 bits per heavy atom. The molecule has 0 aromatic carbocycles. The van der Waals surface area contributed by atoms with Crippen LogP contribution in [-0.4, -0.2) is 56.7 Å². The number of hydrogen-bond acceptors (Lipinski definition) is 6. The van der Waals surface area contributed by atoms with Gasteiger partial charge in [0.05, 0.1) is 18.2 Å². The smallest absolute Gasteiger partial charge is 0.199 e. The first kappa shape index (κ1) is 19.2. The van der Waals surface area contributed by atoms with Gasteiger partial charge in [-0.15, -0.1) is 0 Å². The van der Waals surface area contributed by atoms with Crippen molar-refractivity contribution >= 4 is 22.1 Å². The van der Waals surface area contributed by atoms with Crippen molar-refractivity contribution < 1.29 is 8.42 Å². The lowest BCUT2D eigenvalue weighted by Crippen LogP contribution is -2.37. The molecule has 3 rings (SSSR count). The Balaban J connectivity index is 1.91. The molecule has 7 nitrogen and oxygen atoms in total. The van der Waals surface area contributed by atoms with Crippen LogP contribution in [0.2, 0.25) is 0 Å². The second kappa shape index (κ2) is 7.98. The van der Waals surface area contributed by atoms with E-state index in [0.29, 0.717) is 17.9 Å². The zero-order chi connectivity index (χ0) is 18.7. The highest BCUT2D eigenvalue weighted by molar-refractivity contribution is 7.91. The number of aromatic nitrogens is 4. The zero-order valence-electron chi connectivity index (χ0n) is 15.2. The van der Waals surface area contributed by atoms with E-state index in [4.69, 9.17) is 17.3 Å². The fourth-order valence-corrected chi connectivity index (χ4v) is 5.42. The van der Waals surface area contributed by atoms with Crippen molar-refractivity contribution in [3.63, 3.8) is 0 Å². The van der Waals surface area contributed by atoms with Crippen molar-refractivity contribution in [3.8, 4) is 11.4 Å². The monoisotopic (exact) mass is 395 g/mol. The highest BCUT2D eigenvalue weighted by Gasteiger charge is 2.32. The van der Waals surface area contributed by atoms with Gasteiger partial charge in [0, 0.05) is 30.5 Å². The van der Waals surface area contributed by atoms with Gasteiger partial charge in [-0.25, -0.2) is 13.1 Å². The molecule has 1 aliphatic rings. The largest absolute Gasteiger partial charge is 0.300 e. The van der Waals surface area contributed by atoms with Crippen LogP contribution in [0.1, 0.15) is 26.7 Å². The molecule has 1 saturated heterocycles. The minimum absolute atomic E-state index is 0.0348. The van der Waals surface area contributed by atoms with Crippen LogP contribution in [0.4, 0.5) is 0 Å². The van der Waals surface area contributed by atoms with Crippen LogP contribution < -0.4 is 0 Å². The number of rotatable bonds is 7. The van der Waals surface area contributed by atoms with E-state index < -0.39 is 9.84 Å². The van der Waals surface area contributed by atoms with Gasteiger partial charge < -0.3 is 0 Å². The second-order valence-corrected chi connectivity index (χ2v) is 9.19. The Bertz CT molecular complexity index is 905. The van der Waals surface area contributed by atoms with E-state index in [0.717, 1.165) is 30.9 Å². The molecule has 1 atom stereocenters. The summed E-state index contributed by atoms with van der Waals surface area (Å²) in [7, 11) is -2.92. The predicted molar refractivity (Wildman–Crippen MR) is 104 cm³/mol. The molecule has 3 heterocycles. The van der Waals surface area contributed by atoms with Gasteiger partial charge in [-0.05, 0) is 43.7 Å². The van der Waals surface area contributed by atoms with Crippen molar-refractivity contribution in [3.05, 3.63) is 29.3 Å². The fourth-order valence-electron chi connectivity index (χ4n) is 3.38. The van der Waals surface area contributed by atoms with Crippen LogP contribution in [0, 0.1) is 4.77 Å². The molecule has 0 bridgehead atoms.